The van der Waals surface area contributed by atoms with E-state index in [1.807, 2.05) is 25.6 Å². The summed E-state index contributed by atoms with van der Waals surface area (Å²) in [5, 5.41) is 7.28. The molecule has 0 bridgehead atoms. The fourth-order valence-electron chi connectivity index (χ4n) is 2.23. The van der Waals surface area contributed by atoms with Crippen molar-refractivity contribution < 1.29 is 4.79 Å². The molecule has 0 saturated heterocycles. The van der Waals surface area contributed by atoms with Crippen LogP contribution in [0.4, 0.5) is 0 Å². The summed E-state index contributed by atoms with van der Waals surface area (Å²) in [7, 11) is 1.96. The maximum Gasteiger partial charge on any atom is 0.236 e. The van der Waals surface area contributed by atoms with Crippen LogP contribution in [0.1, 0.15) is 43.1 Å². The molecule has 1 aromatic rings. The van der Waals surface area contributed by atoms with Gasteiger partial charge in [-0.1, -0.05) is 13.3 Å². The molecule has 0 aromatic carbocycles. The number of carbonyl (C=O) groups is 1. The van der Waals surface area contributed by atoms with E-state index in [0.717, 1.165) is 31.4 Å². The van der Waals surface area contributed by atoms with Crippen LogP contribution in [0.2, 0.25) is 0 Å². The van der Waals surface area contributed by atoms with E-state index in [9.17, 15) is 4.79 Å². The quantitative estimate of drug-likeness (QED) is 0.752. The Kier molecular flexibility index (Phi) is 8.49. The normalized spacial score (nSPS) is 11.8. The number of amides is 1. The molecule has 0 aliphatic heterocycles. The molecule has 1 aromatic heterocycles. The van der Waals surface area contributed by atoms with E-state index in [4.69, 9.17) is 5.73 Å². The summed E-state index contributed by atoms with van der Waals surface area (Å²) in [6.07, 6.45) is 3.53. The van der Waals surface area contributed by atoms with Crippen LogP contribution in [0, 0.1) is 13.8 Å². The van der Waals surface area contributed by atoms with Crippen molar-refractivity contribution in [2.75, 3.05) is 6.54 Å². The predicted octanol–water partition coefficient (Wildman–Crippen LogP) is 1.63. The second-order valence-corrected chi connectivity index (χ2v) is 5.06. The standard InChI is InChI=1S/C14H26N4O.ClH/c1-5-7-13(15)14(19)16-9-6-8-12-10(2)17-18(4)11(12)3;/h13H,5-9,15H2,1-4H3,(H,16,19);1H. The SMILES string of the molecule is CCCC(N)C(=O)NCCCc1c(C)nn(C)c1C.Cl. The summed E-state index contributed by atoms with van der Waals surface area (Å²) < 4.78 is 1.90. The molecule has 0 radical (unpaired) electrons. The lowest BCUT2D eigenvalue weighted by atomic mass is 10.1. The summed E-state index contributed by atoms with van der Waals surface area (Å²) in [5.41, 5.74) is 9.31. The van der Waals surface area contributed by atoms with E-state index in [2.05, 4.69) is 17.3 Å². The molecule has 0 saturated carbocycles. The molecule has 20 heavy (non-hydrogen) atoms. The van der Waals surface area contributed by atoms with Crippen molar-refractivity contribution in [3.05, 3.63) is 17.0 Å². The predicted molar refractivity (Wildman–Crippen MR) is 84.1 cm³/mol. The van der Waals surface area contributed by atoms with Crippen molar-refractivity contribution in [2.45, 2.75) is 52.5 Å². The van der Waals surface area contributed by atoms with E-state index < -0.39 is 0 Å². The Morgan fingerprint density at radius 2 is 2.10 bits per heavy atom. The lowest BCUT2D eigenvalue weighted by molar-refractivity contribution is -0.122. The third kappa shape index (κ3) is 5.13. The van der Waals surface area contributed by atoms with Crippen LogP contribution >= 0.6 is 12.4 Å². The van der Waals surface area contributed by atoms with Gasteiger partial charge in [0.05, 0.1) is 11.7 Å². The first-order valence-corrected chi connectivity index (χ1v) is 6.99. The van der Waals surface area contributed by atoms with Crippen LogP contribution < -0.4 is 11.1 Å². The molecule has 5 nitrogen and oxygen atoms in total. The molecule has 1 unspecified atom stereocenters. The van der Waals surface area contributed by atoms with Crippen LogP contribution in [-0.2, 0) is 18.3 Å². The molecule has 0 fully saturated rings. The van der Waals surface area contributed by atoms with E-state index in [1.165, 1.54) is 11.3 Å². The fraction of sp³-hybridized carbons (Fsp3) is 0.714. The minimum absolute atomic E-state index is 0. The van der Waals surface area contributed by atoms with Crippen molar-refractivity contribution in [3.8, 4) is 0 Å². The minimum Gasteiger partial charge on any atom is -0.355 e. The first-order valence-electron chi connectivity index (χ1n) is 6.99. The van der Waals surface area contributed by atoms with Gasteiger partial charge in [0, 0.05) is 19.3 Å². The number of nitrogens with zero attached hydrogens (tertiary/aromatic N) is 2. The van der Waals surface area contributed by atoms with Crippen LogP contribution in [0.5, 0.6) is 0 Å². The first kappa shape index (κ1) is 18.9. The van der Waals surface area contributed by atoms with Gasteiger partial charge < -0.3 is 11.1 Å². The number of aryl methyl sites for hydroxylation is 2. The molecule has 6 heteroatoms. The highest BCUT2D eigenvalue weighted by Gasteiger charge is 2.12. The van der Waals surface area contributed by atoms with Crippen molar-refractivity contribution >= 4 is 18.3 Å². The van der Waals surface area contributed by atoms with Gasteiger partial charge in [-0.25, -0.2) is 0 Å². The zero-order valence-corrected chi connectivity index (χ0v) is 13.7. The monoisotopic (exact) mass is 302 g/mol. The Morgan fingerprint density at radius 3 is 2.60 bits per heavy atom. The lowest BCUT2D eigenvalue weighted by Gasteiger charge is -2.11. The number of rotatable bonds is 7. The van der Waals surface area contributed by atoms with Crippen LogP contribution in [0.25, 0.3) is 0 Å². The minimum atomic E-state index is -0.369. The molecule has 3 N–H and O–H groups in total. The third-order valence-corrected chi connectivity index (χ3v) is 3.50. The molecule has 0 spiro atoms. The largest absolute Gasteiger partial charge is 0.355 e. The van der Waals surface area contributed by atoms with Gasteiger partial charge in [0.15, 0.2) is 0 Å². The topological polar surface area (TPSA) is 72.9 Å². The van der Waals surface area contributed by atoms with Crippen molar-refractivity contribution in [2.24, 2.45) is 12.8 Å². The van der Waals surface area contributed by atoms with Crippen LogP contribution in [0.3, 0.4) is 0 Å². The molecule has 1 atom stereocenters. The smallest absolute Gasteiger partial charge is 0.236 e. The first-order chi connectivity index (χ1) is 8.97. The molecule has 1 amide bonds. The molecule has 0 aliphatic rings. The number of hydrogen-bond acceptors (Lipinski definition) is 3. The molecule has 1 rings (SSSR count). The number of nitrogens with one attached hydrogen (secondary N) is 1. The lowest BCUT2D eigenvalue weighted by Crippen LogP contribution is -2.40. The summed E-state index contributed by atoms with van der Waals surface area (Å²) in [6, 6.07) is -0.369. The number of carbonyl (C=O) groups excluding carboxylic acids is 1. The molecule has 1 heterocycles. The maximum atomic E-state index is 11.6. The van der Waals surface area contributed by atoms with Crippen molar-refractivity contribution in [1.82, 2.24) is 15.1 Å². The summed E-state index contributed by atoms with van der Waals surface area (Å²) in [6.45, 7) is 6.80. The van der Waals surface area contributed by atoms with Crippen LogP contribution in [-0.4, -0.2) is 28.3 Å². The fourth-order valence-corrected chi connectivity index (χ4v) is 2.23. The zero-order valence-electron chi connectivity index (χ0n) is 12.9. The average Bonchev–Trinajstić information content (AvgIpc) is 2.60. The van der Waals surface area contributed by atoms with Crippen LogP contribution in [0.15, 0.2) is 0 Å². The number of nitrogens with two attached hydrogens (primary N) is 1. The Balaban J connectivity index is 0.00000361. The van der Waals surface area contributed by atoms with Gasteiger partial charge in [0.2, 0.25) is 5.91 Å². The second kappa shape index (κ2) is 8.97. The van der Waals surface area contributed by atoms with Gasteiger partial charge in [-0.3, -0.25) is 9.48 Å². The summed E-state index contributed by atoms with van der Waals surface area (Å²) in [5.74, 6) is -0.0403. The summed E-state index contributed by atoms with van der Waals surface area (Å²) >= 11 is 0. The number of halogens is 1. The van der Waals surface area contributed by atoms with Gasteiger partial charge in [0.25, 0.3) is 0 Å². The van der Waals surface area contributed by atoms with E-state index in [1.54, 1.807) is 0 Å². The third-order valence-electron chi connectivity index (χ3n) is 3.50. The maximum absolute atomic E-state index is 11.6. The highest BCUT2D eigenvalue weighted by molar-refractivity contribution is 5.85. The zero-order chi connectivity index (χ0) is 14.4. The van der Waals surface area contributed by atoms with E-state index in [0.29, 0.717) is 6.54 Å². The van der Waals surface area contributed by atoms with Gasteiger partial charge in [-0.15, -0.1) is 12.4 Å². The highest BCUT2D eigenvalue weighted by atomic mass is 35.5. The van der Waals surface area contributed by atoms with Gasteiger partial charge in [0.1, 0.15) is 0 Å². The Labute approximate surface area is 127 Å². The Bertz CT molecular complexity index is 431. The van der Waals surface area contributed by atoms with Gasteiger partial charge >= 0.3 is 0 Å². The molecule has 0 aliphatic carbocycles. The number of aromatic nitrogens is 2. The highest BCUT2D eigenvalue weighted by Crippen LogP contribution is 2.13. The van der Waals surface area contributed by atoms with E-state index >= 15 is 0 Å². The summed E-state index contributed by atoms with van der Waals surface area (Å²) in [4.78, 5) is 11.6. The Hall–Kier alpha value is -1.07. The molecular formula is C14H27ClN4O. The Morgan fingerprint density at radius 1 is 1.45 bits per heavy atom. The van der Waals surface area contributed by atoms with Crippen molar-refractivity contribution in [3.63, 3.8) is 0 Å². The second-order valence-electron chi connectivity index (χ2n) is 5.06. The van der Waals surface area contributed by atoms with Gasteiger partial charge in [-0.2, -0.15) is 5.10 Å². The van der Waals surface area contributed by atoms with E-state index in [-0.39, 0.29) is 24.4 Å². The average molecular weight is 303 g/mol. The molecular weight excluding hydrogens is 276 g/mol. The molecule has 116 valence electrons. The number of hydrogen-bond donors (Lipinski definition) is 2. The van der Waals surface area contributed by atoms with Gasteiger partial charge in [-0.05, 0) is 38.7 Å². The van der Waals surface area contributed by atoms with Crippen molar-refractivity contribution in [1.29, 1.82) is 0 Å².